The average Bonchev–Trinajstić information content (AvgIpc) is 3.32. The lowest BCUT2D eigenvalue weighted by Crippen LogP contribution is -2.34. The Morgan fingerprint density at radius 2 is 1.97 bits per heavy atom. The van der Waals surface area contributed by atoms with Crippen LogP contribution in [0.5, 0.6) is 6.08 Å². The number of anilines is 1. The van der Waals surface area contributed by atoms with Crippen LogP contribution in [0.4, 0.5) is 18.9 Å². The molecule has 0 N–H and O–H groups in total. The van der Waals surface area contributed by atoms with Crippen molar-refractivity contribution >= 4 is 16.6 Å². The summed E-state index contributed by atoms with van der Waals surface area (Å²) in [7, 11) is 0. The molecule has 4 heterocycles. The van der Waals surface area contributed by atoms with Gasteiger partial charge in [0.25, 0.3) is 0 Å². The third-order valence-corrected chi connectivity index (χ3v) is 7.71. The second-order valence-electron chi connectivity index (χ2n) is 9.61. The number of nitrogens with zero attached hydrogens (tertiary/aromatic N) is 6. The first-order valence-electron chi connectivity index (χ1n) is 11.7. The zero-order valence-corrected chi connectivity index (χ0v) is 18.9. The lowest BCUT2D eigenvalue weighted by molar-refractivity contribution is -0.187. The van der Waals surface area contributed by atoms with Crippen LogP contribution in [0.3, 0.4) is 0 Å². The van der Waals surface area contributed by atoms with Crippen LogP contribution in [0.15, 0.2) is 34.9 Å². The first kappa shape index (κ1) is 22.1. The molecular weight excluding hydrogens is 461 g/mol. The Hall–Kier alpha value is -3.39. The maximum Gasteiger partial charge on any atom is 0.414 e. The van der Waals surface area contributed by atoms with Gasteiger partial charge in [0, 0.05) is 36.9 Å². The Balaban J connectivity index is 1.28. The molecule has 11 heteroatoms. The standard InChI is InChI=1S/C24H23F3N6O2/c25-24(26,27)23-13-22(23,20-30-31-21(35-20)34-11-10-32-8-1-2-9-32)14-33(15-23)18-6-5-16(12-28)19-17(18)4-3-7-29-19/h3-7H,1-2,8-11,13-15H2/t22-,23-/m0/s1. The molecule has 2 aromatic heterocycles. The monoisotopic (exact) mass is 484 g/mol. The summed E-state index contributed by atoms with van der Waals surface area (Å²) in [6.45, 7) is 2.92. The number of alkyl halides is 3. The number of ether oxygens (including phenoxy) is 1. The normalized spacial score (nSPS) is 26.2. The van der Waals surface area contributed by atoms with Gasteiger partial charge in [0.05, 0.1) is 16.5 Å². The van der Waals surface area contributed by atoms with Crippen molar-refractivity contribution in [2.45, 2.75) is 30.9 Å². The van der Waals surface area contributed by atoms with Crippen molar-refractivity contribution in [3.63, 3.8) is 0 Å². The largest absolute Gasteiger partial charge is 0.448 e. The first-order chi connectivity index (χ1) is 16.9. The Morgan fingerprint density at radius 3 is 2.74 bits per heavy atom. The van der Waals surface area contributed by atoms with Crippen LogP contribution in [0.1, 0.15) is 30.7 Å². The van der Waals surface area contributed by atoms with E-state index < -0.39 is 17.0 Å². The SMILES string of the molecule is N#Cc1ccc(N2C[C@]3(c4nnc(OCCN5CCCC5)o4)C[C@]3(C(F)(F)F)C2)c2cccnc12. The minimum Gasteiger partial charge on any atom is -0.448 e. The summed E-state index contributed by atoms with van der Waals surface area (Å²) in [6.07, 6.45) is -0.767. The van der Waals surface area contributed by atoms with Crippen molar-refractivity contribution in [3.8, 4) is 12.1 Å². The highest BCUT2D eigenvalue weighted by molar-refractivity contribution is 5.95. The number of rotatable bonds is 6. The summed E-state index contributed by atoms with van der Waals surface area (Å²) in [5.74, 6) is -0.0374. The van der Waals surface area contributed by atoms with E-state index >= 15 is 0 Å². The molecule has 182 valence electrons. The number of fused-ring (bicyclic) bond motifs is 2. The van der Waals surface area contributed by atoms with E-state index in [1.807, 2.05) is 0 Å². The Kier molecular flexibility index (Phi) is 4.93. The van der Waals surface area contributed by atoms with Crippen molar-refractivity contribution < 1.29 is 22.3 Å². The van der Waals surface area contributed by atoms with Crippen LogP contribution < -0.4 is 9.64 Å². The van der Waals surface area contributed by atoms with Gasteiger partial charge in [0.1, 0.15) is 18.1 Å². The van der Waals surface area contributed by atoms with Crippen LogP contribution in [-0.2, 0) is 5.41 Å². The van der Waals surface area contributed by atoms with Crippen molar-refractivity contribution in [2.24, 2.45) is 5.41 Å². The number of likely N-dealkylation sites (tertiary alicyclic amines) is 1. The number of piperidine rings is 1. The number of hydrogen-bond acceptors (Lipinski definition) is 8. The van der Waals surface area contributed by atoms with E-state index in [9.17, 15) is 18.4 Å². The van der Waals surface area contributed by atoms with E-state index in [1.165, 1.54) is 0 Å². The molecule has 1 aromatic carbocycles. The van der Waals surface area contributed by atoms with Crippen LogP contribution in [0.25, 0.3) is 10.9 Å². The van der Waals surface area contributed by atoms with Crippen molar-refractivity contribution in [1.82, 2.24) is 20.1 Å². The van der Waals surface area contributed by atoms with E-state index in [-0.39, 0.29) is 31.5 Å². The van der Waals surface area contributed by atoms with Gasteiger partial charge < -0.3 is 14.1 Å². The van der Waals surface area contributed by atoms with Crippen LogP contribution >= 0.6 is 0 Å². The molecule has 3 fully saturated rings. The van der Waals surface area contributed by atoms with Gasteiger partial charge in [-0.2, -0.15) is 18.4 Å². The van der Waals surface area contributed by atoms with E-state index in [2.05, 4.69) is 26.2 Å². The van der Waals surface area contributed by atoms with Gasteiger partial charge in [-0.25, -0.2) is 0 Å². The second-order valence-corrected chi connectivity index (χ2v) is 9.61. The quantitative estimate of drug-likeness (QED) is 0.524. The number of benzene rings is 1. The molecular formula is C24H23F3N6O2. The highest BCUT2D eigenvalue weighted by Gasteiger charge is 2.86. The van der Waals surface area contributed by atoms with Gasteiger partial charge in [0.15, 0.2) is 0 Å². The summed E-state index contributed by atoms with van der Waals surface area (Å²) in [4.78, 5) is 8.24. The highest BCUT2D eigenvalue weighted by Crippen LogP contribution is 2.75. The Bertz CT molecular complexity index is 1310. The van der Waals surface area contributed by atoms with Gasteiger partial charge in [-0.15, -0.1) is 5.10 Å². The third kappa shape index (κ3) is 3.34. The molecule has 35 heavy (non-hydrogen) atoms. The molecule has 1 saturated carbocycles. The van der Waals surface area contributed by atoms with E-state index in [4.69, 9.17) is 9.15 Å². The zero-order chi connectivity index (χ0) is 24.3. The van der Waals surface area contributed by atoms with Crippen LogP contribution in [0.2, 0.25) is 0 Å². The average molecular weight is 484 g/mol. The van der Waals surface area contributed by atoms with Crippen molar-refractivity contribution in [3.05, 3.63) is 41.9 Å². The molecule has 2 saturated heterocycles. The summed E-state index contributed by atoms with van der Waals surface area (Å²) in [5, 5.41) is 17.9. The van der Waals surface area contributed by atoms with E-state index in [0.29, 0.717) is 35.3 Å². The molecule has 6 rings (SSSR count). The predicted octanol–water partition coefficient (Wildman–Crippen LogP) is 3.67. The Labute approximate surface area is 199 Å². The molecule has 2 aliphatic heterocycles. The number of pyridine rings is 1. The summed E-state index contributed by atoms with van der Waals surface area (Å²) >= 11 is 0. The number of hydrogen-bond donors (Lipinski definition) is 0. The smallest absolute Gasteiger partial charge is 0.414 e. The maximum atomic E-state index is 14.4. The van der Waals surface area contributed by atoms with Crippen LogP contribution in [-0.4, -0.2) is 65.6 Å². The first-order valence-corrected chi connectivity index (χ1v) is 11.7. The minimum absolute atomic E-state index is 0.0374. The molecule has 3 aliphatic rings. The fraction of sp³-hybridized carbons (Fsp3) is 0.500. The fourth-order valence-corrected chi connectivity index (χ4v) is 5.83. The highest BCUT2D eigenvalue weighted by atomic mass is 19.4. The number of nitriles is 1. The fourth-order valence-electron chi connectivity index (χ4n) is 5.83. The zero-order valence-electron chi connectivity index (χ0n) is 18.9. The minimum atomic E-state index is -4.45. The summed E-state index contributed by atoms with van der Waals surface area (Å²) in [5.41, 5.74) is -1.88. The molecule has 2 atom stereocenters. The molecule has 8 nitrogen and oxygen atoms in total. The number of aromatic nitrogens is 3. The third-order valence-electron chi connectivity index (χ3n) is 7.71. The van der Waals surface area contributed by atoms with Crippen molar-refractivity contribution in [1.29, 1.82) is 5.26 Å². The van der Waals surface area contributed by atoms with Gasteiger partial charge >= 0.3 is 12.3 Å². The second kappa shape index (κ2) is 7.81. The predicted molar refractivity (Wildman–Crippen MR) is 119 cm³/mol. The molecule has 1 aliphatic carbocycles. The van der Waals surface area contributed by atoms with Gasteiger partial charge in [0.2, 0.25) is 5.89 Å². The lowest BCUT2D eigenvalue weighted by atomic mass is 9.95. The van der Waals surface area contributed by atoms with Gasteiger partial charge in [-0.05, 0) is 56.6 Å². The molecule has 0 spiro atoms. The summed E-state index contributed by atoms with van der Waals surface area (Å²) < 4.78 is 54.5. The Morgan fingerprint density at radius 1 is 1.14 bits per heavy atom. The molecule has 0 radical (unpaired) electrons. The summed E-state index contributed by atoms with van der Waals surface area (Å²) in [6, 6.07) is 8.86. The van der Waals surface area contributed by atoms with Gasteiger partial charge in [-0.3, -0.25) is 9.88 Å². The number of halogens is 3. The molecule has 0 unspecified atom stereocenters. The van der Waals surface area contributed by atoms with E-state index in [0.717, 1.165) is 25.9 Å². The van der Waals surface area contributed by atoms with E-state index in [1.54, 1.807) is 35.4 Å². The van der Waals surface area contributed by atoms with Gasteiger partial charge in [-0.1, -0.05) is 5.10 Å². The maximum absolute atomic E-state index is 14.4. The lowest BCUT2D eigenvalue weighted by Gasteiger charge is -2.25. The molecule has 3 aromatic rings. The van der Waals surface area contributed by atoms with Crippen molar-refractivity contribution in [2.75, 3.05) is 44.2 Å². The molecule has 0 bridgehead atoms. The van der Waals surface area contributed by atoms with Crippen LogP contribution in [0, 0.1) is 16.7 Å². The topological polar surface area (TPSA) is 91.3 Å². The molecule has 0 amide bonds.